The molecule has 3 heterocycles. The number of amides is 1. The molecule has 4 rings (SSSR count). The van der Waals surface area contributed by atoms with E-state index in [2.05, 4.69) is 0 Å². The molecule has 0 aromatic heterocycles. The van der Waals surface area contributed by atoms with Crippen LogP contribution in [-0.4, -0.2) is 35.2 Å². The van der Waals surface area contributed by atoms with E-state index in [4.69, 9.17) is 4.74 Å². The number of aryl methyl sites for hydroxylation is 1. The van der Waals surface area contributed by atoms with Crippen LogP contribution >= 0.6 is 0 Å². The number of nitrogens with zero attached hydrogens (tertiary/aromatic N) is 1. The van der Waals surface area contributed by atoms with Gasteiger partial charge in [0.15, 0.2) is 0 Å². The lowest BCUT2D eigenvalue weighted by Gasteiger charge is -2.21. The van der Waals surface area contributed by atoms with Gasteiger partial charge in [-0.05, 0) is 19.1 Å². The smallest absolute Gasteiger partial charge is 0.310 e. The molecular formula is C16H15NO4. The summed E-state index contributed by atoms with van der Waals surface area (Å²) in [6, 6.07) is 7.65. The van der Waals surface area contributed by atoms with Crippen molar-refractivity contribution < 1.29 is 19.4 Å². The van der Waals surface area contributed by atoms with E-state index in [1.165, 1.54) is 0 Å². The minimum Gasteiger partial charge on any atom is -0.481 e. The largest absolute Gasteiger partial charge is 0.481 e. The van der Waals surface area contributed by atoms with Gasteiger partial charge in [-0.1, -0.05) is 29.8 Å². The predicted molar refractivity (Wildman–Crippen MR) is 74.9 cm³/mol. The molecule has 5 nitrogen and oxygen atoms in total. The normalized spacial score (nSPS) is 36.3. The topological polar surface area (TPSA) is 66.8 Å². The number of carbonyl (C=O) groups is 2. The summed E-state index contributed by atoms with van der Waals surface area (Å²) in [4.78, 5) is 25.8. The second kappa shape index (κ2) is 3.95. The summed E-state index contributed by atoms with van der Waals surface area (Å²) in [5.74, 6) is -2.52. The molecule has 3 aliphatic heterocycles. The van der Waals surface area contributed by atoms with Crippen LogP contribution in [0.25, 0.3) is 0 Å². The first-order valence-electron chi connectivity index (χ1n) is 7.00. The molecule has 5 heteroatoms. The van der Waals surface area contributed by atoms with Crippen molar-refractivity contribution in [3.05, 3.63) is 42.0 Å². The zero-order chi connectivity index (χ0) is 14.8. The summed E-state index contributed by atoms with van der Waals surface area (Å²) in [5, 5.41) is 9.41. The second-order valence-corrected chi connectivity index (χ2v) is 6.00. The summed E-state index contributed by atoms with van der Waals surface area (Å²) < 4.78 is 5.85. The number of carbonyl (C=O) groups excluding carboxylic acids is 1. The van der Waals surface area contributed by atoms with E-state index in [1.807, 2.05) is 37.3 Å². The van der Waals surface area contributed by atoms with Crippen LogP contribution in [-0.2, 0) is 14.3 Å². The zero-order valence-corrected chi connectivity index (χ0v) is 11.5. The van der Waals surface area contributed by atoms with Crippen molar-refractivity contribution >= 4 is 17.6 Å². The molecule has 21 heavy (non-hydrogen) atoms. The molecule has 1 spiro atoms. The lowest BCUT2D eigenvalue weighted by molar-refractivity contribution is -0.146. The minimum atomic E-state index is -0.963. The average molecular weight is 285 g/mol. The first-order chi connectivity index (χ1) is 10.0. The molecule has 0 unspecified atom stereocenters. The van der Waals surface area contributed by atoms with Crippen molar-refractivity contribution in [3.8, 4) is 0 Å². The summed E-state index contributed by atoms with van der Waals surface area (Å²) in [6.07, 6.45) is 3.17. The SMILES string of the molecule is Cc1ccc(N2C[C@]34C=C[C@H](O3)[C@@H](C(=O)O)[C@@H]4C2=O)cc1. The number of carboxylic acid groups (broad SMARTS) is 1. The maximum Gasteiger partial charge on any atom is 0.310 e. The predicted octanol–water partition coefficient (Wildman–Crippen LogP) is 1.37. The fourth-order valence-corrected chi connectivity index (χ4v) is 3.72. The Balaban J connectivity index is 1.73. The maximum atomic E-state index is 12.7. The number of hydrogen-bond acceptors (Lipinski definition) is 3. The Bertz CT molecular complexity index is 665. The molecule has 1 N–H and O–H groups in total. The lowest BCUT2D eigenvalue weighted by atomic mass is 9.77. The highest BCUT2D eigenvalue weighted by Gasteiger charge is 2.67. The highest BCUT2D eigenvalue weighted by atomic mass is 16.5. The van der Waals surface area contributed by atoms with Crippen molar-refractivity contribution in [2.75, 3.05) is 11.4 Å². The van der Waals surface area contributed by atoms with Crippen LogP contribution in [0.3, 0.4) is 0 Å². The highest BCUT2D eigenvalue weighted by Crippen LogP contribution is 2.52. The van der Waals surface area contributed by atoms with Gasteiger partial charge < -0.3 is 14.7 Å². The van der Waals surface area contributed by atoms with Crippen molar-refractivity contribution in [1.82, 2.24) is 0 Å². The molecule has 2 bridgehead atoms. The van der Waals surface area contributed by atoms with Gasteiger partial charge in [0.2, 0.25) is 5.91 Å². The Morgan fingerprint density at radius 2 is 2.10 bits per heavy atom. The third kappa shape index (κ3) is 1.55. The first-order valence-corrected chi connectivity index (χ1v) is 7.00. The second-order valence-electron chi connectivity index (χ2n) is 6.00. The van der Waals surface area contributed by atoms with E-state index in [0.717, 1.165) is 11.3 Å². The number of ether oxygens (including phenoxy) is 1. The summed E-state index contributed by atoms with van der Waals surface area (Å²) in [5.41, 5.74) is 1.14. The molecule has 108 valence electrons. The Hall–Kier alpha value is -2.14. The average Bonchev–Trinajstić information content (AvgIpc) is 3.08. The van der Waals surface area contributed by atoms with E-state index < -0.39 is 29.5 Å². The fourth-order valence-electron chi connectivity index (χ4n) is 3.72. The molecule has 1 amide bonds. The number of anilines is 1. The molecule has 1 aromatic rings. The molecule has 0 saturated carbocycles. The summed E-state index contributed by atoms with van der Waals surface area (Å²) >= 11 is 0. The van der Waals surface area contributed by atoms with E-state index in [0.29, 0.717) is 6.54 Å². The van der Waals surface area contributed by atoms with Crippen molar-refractivity contribution in [2.24, 2.45) is 11.8 Å². The third-order valence-corrected chi connectivity index (χ3v) is 4.73. The van der Waals surface area contributed by atoms with Gasteiger partial charge in [0.1, 0.15) is 11.5 Å². The molecule has 0 radical (unpaired) electrons. The van der Waals surface area contributed by atoms with Crippen LogP contribution in [0.4, 0.5) is 5.69 Å². The van der Waals surface area contributed by atoms with E-state index in [1.54, 1.807) is 11.0 Å². The minimum absolute atomic E-state index is 0.155. The zero-order valence-electron chi connectivity index (χ0n) is 11.5. The Morgan fingerprint density at radius 1 is 1.38 bits per heavy atom. The van der Waals surface area contributed by atoms with E-state index in [-0.39, 0.29) is 5.91 Å². The molecule has 4 atom stereocenters. The molecule has 2 fully saturated rings. The van der Waals surface area contributed by atoms with Crippen molar-refractivity contribution in [3.63, 3.8) is 0 Å². The standard InChI is InChI=1S/C16H15NO4/c1-9-2-4-10(5-3-9)17-8-16-7-6-11(21-16)12(15(19)20)13(16)14(17)18/h2-7,11-13H,8H2,1H3,(H,19,20)/t11-,12+,13+,16-/m0/s1. The number of rotatable bonds is 2. The van der Waals surface area contributed by atoms with Gasteiger partial charge in [-0.15, -0.1) is 0 Å². The van der Waals surface area contributed by atoms with Gasteiger partial charge in [0.05, 0.1) is 18.6 Å². The monoisotopic (exact) mass is 285 g/mol. The molecule has 0 aliphatic carbocycles. The molecule has 1 aromatic carbocycles. The van der Waals surface area contributed by atoms with Gasteiger partial charge in [-0.3, -0.25) is 9.59 Å². The van der Waals surface area contributed by atoms with Gasteiger partial charge in [0, 0.05) is 5.69 Å². The van der Waals surface area contributed by atoms with Crippen molar-refractivity contribution in [1.29, 1.82) is 0 Å². The van der Waals surface area contributed by atoms with Crippen LogP contribution in [0.1, 0.15) is 5.56 Å². The number of aliphatic carboxylic acids is 1. The lowest BCUT2D eigenvalue weighted by Crippen LogP contribution is -2.39. The highest BCUT2D eigenvalue weighted by molar-refractivity contribution is 6.02. The van der Waals surface area contributed by atoms with Crippen LogP contribution in [0.5, 0.6) is 0 Å². The maximum absolute atomic E-state index is 12.7. The van der Waals surface area contributed by atoms with E-state index in [9.17, 15) is 14.7 Å². The quantitative estimate of drug-likeness (QED) is 0.833. The summed E-state index contributed by atoms with van der Waals surface area (Å²) in [7, 11) is 0. The first kappa shape index (κ1) is 12.6. The molecule has 2 saturated heterocycles. The van der Waals surface area contributed by atoms with Gasteiger partial charge in [-0.25, -0.2) is 0 Å². The van der Waals surface area contributed by atoms with Crippen LogP contribution in [0, 0.1) is 18.8 Å². The molecular weight excluding hydrogens is 270 g/mol. The fraction of sp³-hybridized carbons (Fsp3) is 0.375. The third-order valence-electron chi connectivity index (χ3n) is 4.73. The number of fused-ring (bicyclic) bond motifs is 1. The van der Waals surface area contributed by atoms with Gasteiger partial charge in [-0.2, -0.15) is 0 Å². The number of benzene rings is 1. The van der Waals surface area contributed by atoms with Gasteiger partial charge >= 0.3 is 5.97 Å². The Morgan fingerprint density at radius 3 is 2.76 bits per heavy atom. The van der Waals surface area contributed by atoms with Crippen LogP contribution in [0.15, 0.2) is 36.4 Å². The van der Waals surface area contributed by atoms with E-state index >= 15 is 0 Å². The number of hydrogen-bond donors (Lipinski definition) is 1. The number of carboxylic acids is 1. The molecule has 3 aliphatic rings. The Labute approximate surface area is 121 Å². The van der Waals surface area contributed by atoms with Crippen molar-refractivity contribution in [2.45, 2.75) is 18.6 Å². The Kier molecular flexibility index (Phi) is 2.37. The van der Waals surface area contributed by atoms with Gasteiger partial charge in [0.25, 0.3) is 0 Å². The summed E-state index contributed by atoms with van der Waals surface area (Å²) in [6.45, 7) is 2.37. The van der Waals surface area contributed by atoms with Crippen LogP contribution < -0.4 is 4.90 Å². The van der Waals surface area contributed by atoms with Crippen LogP contribution in [0.2, 0.25) is 0 Å².